The Hall–Kier alpha value is -3.19. The van der Waals surface area contributed by atoms with Crippen LogP contribution in [-0.2, 0) is 4.79 Å². The molecule has 0 aliphatic heterocycles. The minimum atomic E-state index is -0.0690. The molecule has 2 aromatic heterocycles. The zero-order chi connectivity index (χ0) is 21.3. The van der Waals surface area contributed by atoms with Crippen molar-refractivity contribution in [2.75, 3.05) is 11.1 Å². The molecule has 4 rings (SSSR count). The lowest BCUT2D eigenvalue weighted by atomic mass is 10.1. The molecule has 0 saturated carbocycles. The summed E-state index contributed by atoms with van der Waals surface area (Å²) in [4.78, 5) is 21.3. The number of nitrogens with zero attached hydrogens (tertiary/aromatic N) is 4. The molecule has 2 heterocycles. The van der Waals surface area contributed by atoms with E-state index in [4.69, 9.17) is 0 Å². The Balaban J connectivity index is 1.54. The van der Waals surface area contributed by atoms with E-state index in [1.165, 1.54) is 29.2 Å². The average Bonchev–Trinajstić information content (AvgIpc) is 3.13. The number of rotatable bonds is 5. The van der Waals surface area contributed by atoms with Gasteiger partial charge in [-0.05, 0) is 51.0 Å². The Labute approximate surface area is 179 Å². The van der Waals surface area contributed by atoms with Gasteiger partial charge in [0.25, 0.3) is 0 Å². The Bertz CT molecular complexity index is 1250. The van der Waals surface area contributed by atoms with Crippen LogP contribution in [0.25, 0.3) is 16.7 Å². The van der Waals surface area contributed by atoms with Gasteiger partial charge in [-0.1, -0.05) is 47.2 Å². The first-order chi connectivity index (χ1) is 14.4. The first-order valence-electron chi connectivity index (χ1n) is 9.68. The monoisotopic (exact) mass is 417 g/mol. The number of carbonyl (C=O) groups excluding carboxylic acids is 1. The summed E-state index contributed by atoms with van der Waals surface area (Å²) < 4.78 is 1.82. The lowest BCUT2D eigenvalue weighted by Crippen LogP contribution is -2.15. The average molecular weight is 418 g/mol. The second kappa shape index (κ2) is 8.28. The van der Waals surface area contributed by atoms with Gasteiger partial charge in [-0.15, -0.1) is 0 Å². The van der Waals surface area contributed by atoms with E-state index in [0.29, 0.717) is 0 Å². The third-order valence-electron chi connectivity index (χ3n) is 4.91. The topological polar surface area (TPSA) is 72.7 Å². The van der Waals surface area contributed by atoms with Crippen molar-refractivity contribution < 1.29 is 4.79 Å². The molecule has 0 atom stereocenters. The van der Waals surface area contributed by atoms with E-state index in [0.717, 1.165) is 38.6 Å². The number of nitrogens with one attached hydrogen (secondary N) is 1. The summed E-state index contributed by atoms with van der Waals surface area (Å²) in [6.07, 6.45) is 3.29. The largest absolute Gasteiger partial charge is 0.325 e. The standard InChI is InChI=1S/C23H23N5OS/c1-14-5-7-19(16(3)9-14)27-21(29)12-30-23-18-11-26-28(22(18)24-13-25-23)20-8-6-15(2)10-17(20)4/h5-11,13H,12H2,1-4H3,(H,27,29). The van der Waals surface area contributed by atoms with Crippen LogP contribution >= 0.6 is 11.8 Å². The summed E-state index contributed by atoms with van der Waals surface area (Å²) in [5.74, 6) is 0.189. The third kappa shape index (κ3) is 4.07. The molecular weight excluding hydrogens is 394 g/mol. The van der Waals surface area contributed by atoms with Crippen LogP contribution in [0.5, 0.6) is 0 Å². The first-order valence-corrected chi connectivity index (χ1v) is 10.7. The summed E-state index contributed by atoms with van der Waals surface area (Å²) in [7, 11) is 0. The second-order valence-electron chi connectivity index (χ2n) is 7.42. The van der Waals surface area contributed by atoms with Gasteiger partial charge in [0.2, 0.25) is 5.91 Å². The predicted molar refractivity (Wildman–Crippen MR) is 121 cm³/mol. The maximum Gasteiger partial charge on any atom is 0.234 e. The van der Waals surface area contributed by atoms with Gasteiger partial charge in [0.1, 0.15) is 11.4 Å². The molecule has 4 aromatic rings. The van der Waals surface area contributed by atoms with Crippen molar-refractivity contribution in [3.8, 4) is 5.69 Å². The maximum absolute atomic E-state index is 12.5. The number of aryl methyl sites for hydroxylation is 4. The fraction of sp³-hybridized carbons (Fsp3) is 0.217. The van der Waals surface area contributed by atoms with Crippen LogP contribution in [0, 0.1) is 27.7 Å². The van der Waals surface area contributed by atoms with E-state index < -0.39 is 0 Å². The molecule has 2 aromatic carbocycles. The van der Waals surface area contributed by atoms with E-state index in [1.54, 1.807) is 6.20 Å². The first kappa shape index (κ1) is 20.1. The zero-order valence-electron chi connectivity index (χ0n) is 17.4. The van der Waals surface area contributed by atoms with E-state index >= 15 is 0 Å². The van der Waals surface area contributed by atoms with E-state index in [9.17, 15) is 4.79 Å². The summed E-state index contributed by atoms with van der Waals surface area (Å²) in [5.41, 5.74) is 7.10. The number of hydrogen-bond donors (Lipinski definition) is 1. The van der Waals surface area contributed by atoms with Crippen molar-refractivity contribution in [2.45, 2.75) is 32.7 Å². The number of amides is 1. The number of fused-ring (bicyclic) bond motifs is 1. The fourth-order valence-electron chi connectivity index (χ4n) is 3.43. The van der Waals surface area contributed by atoms with Crippen molar-refractivity contribution in [2.24, 2.45) is 0 Å². The smallest absolute Gasteiger partial charge is 0.234 e. The van der Waals surface area contributed by atoms with Gasteiger partial charge in [-0.2, -0.15) is 5.10 Å². The molecule has 152 valence electrons. The SMILES string of the molecule is Cc1ccc(NC(=O)CSc2ncnc3c2cnn3-c2ccc(C)cc2C)c(C)c1. The normalized spacial score (nSPS) is 11.1. The molecule has 1 N–H and O–H groups in total. The Morgan fingerprint density at radius 1 is 1.00 bits per heavy atom. The fourth-order valence-corrected chi connectivity index (χ4v) is 4.19. The van der Waals surface area contributed by atoms with Crippen LogP contribution in [0.4, 0.5) is 5.69 Å². The molecule has 0 aliphatic rings. The van der Waals surface area contributed by atoms with Crippen LogP contribution < -0.4 is 5.32 Å². The molecule has 0 radical (unpaired) electrons. The van der Waals surface area contributed by atoms with Crippen molar-refractivity contribution >= 4 is 34.4 Å². The summed E-state index contributed by atoms with van der Waals surface area (Å²) >= 11 is 1.38. The molecule has 1 amide bonds. The van der Waals surface area contributed by atoms with Gasteiger partial charge >= 0.3 is 0 Å². The van der Waals surface area contributed by atoms with Crippen LogP contribution in [0.3, 0.4) is 0 Å². The highest BCUT2D eigenvalue weighted by atomic mass is 32.2. The van der Waals surface area contributed by atoms with Gasteiger partial charge in [0, 0.05) is 5.69 Å². The molecule has 30 heavy (non-hydrogen) atoms. The van der Waals surface area contributed by atoms with Gasteiger partial charge < -0.3 is 5.32 Å². The van der Waals surface area contributed by atoms with Crippen molar-refractivity contribution in [1.29, 1.82) is 0 Å². The summed E-state index contributed by atoms with van der Waals surface area (Å²) in [6.45, 7) is 8.15. The van der Waals surface area contributed by atoms with Crippen molar-refractivity contribution in [3.63, 3.8) is 0 Å². The van der Waals surface area contributed by atoms with Crippen LogP contribution in [0.15, 0.2) is 53.9 Å². The Morgan fingerprint density at radius 3 is 2.47 bits per heavy atom. The van der Waals surface area contributed by atoms with E-state index in [1.807, 2.05) is 36.7 Å². The molecule has 6 nitrogen and oxygen atoms in total. The Morgan fingerprint density at radius 2 is 1.73 bits per heavy atom. The predicted octanol–water partition coefficient (Wildman–Crippen LogP) is 4.78. The number of carbonyl (C=O) groups is 1. The molecule has 0 bridgehead atoms. The molecule has 0 spiro atoms. The number of benzene rings is 2. The summed E-state index contributed by atoms with van der Waals surface area (Å²) in [6, 6.07) is 12.2. The van der Waals surface area contributed by atoms with Crippen LogP contribution in [-0.4, -0.2) is 31.4 Å². The zero-order valence-corrected chi connectivity index (χ0v) is 18.2. The molecule has 0 fully saturated rings. The highest BCUT2D eigenvalue weighted by molar-refractivity contribution is 8.00. The van der Waals surface area contributed by atoms with Gasteiger partial charge in [-0.25, -0.2) is 14.6 Å². The van der Waals surface area contributed by atoms with Crippen LogP contribution in [0.1, 0.15) is 22.3 Å². The minimum absolute atomic E-state index is 0.0690. The van der Waals surface area contributed by atoms with Gasteiger partial charge in [0.15, 0.2) is 5.65 Å². The van der Waals surface area contributed by atoms with Crippen molar-refractivity contribution in [1.82, 2.24) is 19.7 Å². The highest BCUT2D eigenvalue weighted by Crippen LogP contribution is 2.27. The van der Waals surface area contributed by atoms with Crippen molar-refractivity contribution in [3.05, 3.63) is 71.2 Å². The number of thioether (sulfide) groups is 1. The molecule has 7 heteroatoms. The van der Waals surface area contributed by atoms with E-state index in [-0.39, 0.29) is 11.7 Å². The quantitative estimate of drug-likeness (QED) is 0.374. The lowest BCUT2D eigenvalue weighted by molar-refractivity contribution is -0.113. The lowest BCUT2D eigenvalue weighted by Gasteiger charge is -2.09. The molecular formula is C23H23N5OS. The summed E-state index contributed by atoms with van der Waals surface area (Å²) in [5, 5.41) is 9.08. The number of aromatic nitrogens is 4. The van der Waals surface area contributed by atoms with Gasteiger partial charge in [-0.3, -0.25) is 4.79 Å². The molecule has 0 saturated heterocycles. The van der Waals surface area contributed by atoms with Crippen LogP contribution in [0.2, 0.25) is 0 Å². The second-order valence-corrected chi connectivity index (χ2v) is 8.38. The van der Waals surface area contributed by atoms with E-state index in [2.05, 4.69) is 52.4 Å². The number of anilines is 1. The molecule has 0 unspecified atom stereocenters. The number of hydrogen-bond acceptors (Lipinski definition) is 5. The van der Waals surface area contributed by atoms with Gasteiger partial charge in [0.05, 0.1) is 23.0 Å². The molecule has 0 aliphatic carbocycles. The maximum atomic E-state index is 12.5. The Kier molecular flexibility index (Phi) is 5.55. The third-order valence-corrected chi connectivity index (χ3v) is 5.91. The minimum Gasteiger partial charge on any atom is -0.325 e. The highest BCUT2D eigenvalue weighted by Gasteiger charge is 2.14.